The van der Waals surface area contributed by atoms with Crippen molar-refractivity contribution in [3.05, 3.63) is 81.0 Å². The van der Waals surface area contributed by atoms with Gasteiger partial charge >= 0.3 is 5.69 Å². The second-order valence-corrected chi connectivity index (χ2v) is 6.23. The highest BCUT2D eigenvalue weighted by Crippen LogP contribution is 2.15. The molecule has 0 aliphatic rings. The molecule has 1 aromatic heterocycles. The number of halogens is 3. The first-order valence-electron chi connectivity index (χ1n) is 7.98. The SMILES string of the molecule is Cc1nn(CC(=O)NCc2ccc(Cl)c(F)c2)c(=O)n1-c1ccc(F)cc1. The van der Waals surface area contributed by atoms with E-state index in [9.17, 15) is 18.4 Å². The minimum atomic E-state index is -0.576. The first-order valence-corrected chi connectivity index (χ1v) is 8.36. The number of amides is 1. The maximum absolute atomic E-state index is 13.4. The summed E-state index contributed by atoms with van der Waals surface area (Å²) in [7, 11) is 0. The Bertz CT molecular complexity index is 1040. The third kappa shape index (κ3) is 4.22. The van der Waals surface area contributed by atoms with Crippen molar-refractivity contribution >= 4 is 17.5 Å². The topological polar surface area (TPSA) is 68.9 Å². The highest BCUT2D eigenvalue weighted by atomic mass is 35.5. The maximum atomic E-state index is 13.4. The zero-order valence-corrected chi connectivity index (χ0v) is 15.0. The summed E-state index contributed by atoms with van der Waals surface area (Å²) in [6.45, 7) is 1.39. The molecule has 9 heteroatoms. The van der Waals surface area contributed by atoms with Gasteiger partial charge in [-0.05, 0) is 48.9 Å². The van der Waals surface area contributed by atoms with Crippen LogP contribution in [0.25, 0.3) is 5.69 Å². The molecule has 1 heterocycles. The van der Waals surface area contributed by atoms with Crippen LogP contribution in [0.4, 0.5) is 8.78 Å². The van der Waals surface area contributed by atoms with Crippen LogP contribution < -0.4 is 11.0 Å². The fourth-order valence-corrected chi connectivity index (χ4v) is 2.67. The number of benzene rings is 2. The van der Waals surface area contributed by atoms with Crippen LogP contribution >= 0.6 is 11.6 Å². The molecule has 0 fully saturated rings. The molecule has 1 N–H and O–H groups in total. The fourth-order valence-electron chi connectivity index (χ4n) is 2.55. The number of nitrogens with zero attached hydrogens (tertiary/aromatic N) is 3. The van der Waals surface area contributed by atoms with Crippen LogP contribution in [0.5, 0.6) is 0 Å². The third-order valence-corrected chi connectivity index (χ3v) is 4.16. The van der Waals surface area contributed by atoms with Gasteiger partial charge in [-0.3, -0.25) is 4.79 Å². The van der Waals surface area contributed by atoms with Gasteiger partial charge in [0.05, 0.1) is 10.7 Å². The lowest BCUT2D eigenvalue weighted by Crippen LogP contribution is -2.33. The van der Waals surface area contributed by atoms with E-state index in [2.05, 4.69) is 10.4 Å². The number of carbonyl (C=O) groups excluding carboxylic acids is 1. The number of aryl methyl sites for hydroxylation is 1. The van der Waals surface area contributed by atoms with Crippen LogP contribution in [0.15, 0.2) is 47.3 Å². The van der Waals surface area contributed by atoms with E-state index in [0.29, 0.717) is 17.1 Å². The van der Waals surface area contributed by atoms with E-state index >= 15 is 0 Å². The van der Waals surface area contributed by atoms with Crippen molar-refractivity contribution in [2.24, 2.45) is 0 Å². The highest BCUT2D eigenvalue weighted by molar-refractivity contribution is 6.30. The molecule has 3 rings (SSSR count). The lowest BCUT2D eigenvalue weighted by atomic mass is 10.2. The van der Waals surface area contributed by atoms with Gasteiger partial charge in [-0.25, -0.2) is 22.8 Å². The van der Waals surface area contributed by atoms with Crippen molar-refractivity contribution in [2.45, 2.75) is 20.0 Å². The summed E-state index contributed by atoms with van der Waals surface area (Å²) in [5, 5.41) is 6.65. The first-order chi connectivity index (χ1) is 12.8. The molecule has 3 aromatic rings. The second-order valence-electron chi connectivity index (χ2n) is 5.82. The number of nitrogens with one attached hydrogen (secondary N) is 1. The van der Waals surface area contributed by atoms with Crippen molar-refractivity contribution in [1.82, 2.24) is 19.7 Å². The van der Waals surface area contributed by atoms with Gasteiger partial charge in [-0.15, -0.1) is 0 Å². The van der Waals surface area contributed by atoms with Crippen molar-refractivity contribution < 1.29 is 13.6 Å². The lowest BCUT2D eigenvalue weighted by molar-refractivity contribution is -0.122. The summed E-state index contributed by atoms with van der Waals surface area (Å²) < 4.78 is 28.8. The number of rotatable bonds is 5. The van der Waals surface area contributed by atoms with Gasteiger partial charge in [0.1, 0.15) is 24.0 Å². The Morgan fingerprint density at radius 1 is 1.19 bits per heavy atom. The number of aromatic nitrogens is 3. The molecular weight excluding hydrogens is 378 g/mol. The molecular formula is C18H15ClF2N4O2. The van der Waals surface area contributed by atoms with Crippen LogP contribution in [-0.2, 0) is 17.9 Å². The van der Waals surface area contributed by atoms with Gasteiger partial charge in [-0.2, -0.15) is 5.10 Å². The molecule has 0 unspecified atom stereocenters. The van der Waals surface area contributed by atoms with Crippen LogP contribution in [-0.4, -0.2) is 20.3 Å². The van der Waals surface area contributed by atoms with Gasteiger partial charge in [0.15, 0.2) is 0 Å². The normalized spacial score (nSPS) is 10.8. The van der Waals surface area contributed by atoms with E-state index in [-0.39, 0.29) is 18.1 Å². The molecule has 0 aliphatic heterocycles. The predicted octanol–water partition coefficient (Wildman–Crippen LogP) is 2.59. The molecule has 0 saturated heterocycles. The summed E-state index contributed by atoms with van der Waals surface area (Å²) in [6, 6.07) is 9.58. The lowest BCUT2D eigenvalue weighted by Gasteiger charge is -2.06. The average molecular weight is 393 g/mol. The maximum Gasteiger partial charge on any atom is 0.351 e. The summed E-state index contributed by atoms with van der Waals surface area (Å²) in [4.78, 5) is 24.6. The standard InChI is InChI=1S/C18H15ClF2N4O2/c1-11-23-24(18(27)25(11)14-5-3-13(20)4-6-14)10-17(26)22-9-12-2-7-15(19)16(21)8-12/h2-8H,9-10H2,1H3,(H,22,26). The van der Waals surface area contributed by atoms with E-state index in [1.54, 1.807) is 13.0 Å². The Labute approximate surface area is 158 Å². The average Bonchev–Trinajstić information content (AvgIpc) is 2.90. The molecule has 0 radical (unpaired) electrons. The van der Waals surface area contributed by atoms with E-state index in [4.69, 9.17) is 11.6 Å². The largest absolute Gasteiger partial charge is 0.351 e. The van der Waals surface area contributed by atoms with Gasteiger partial charge in [0, 0.05) is 6.54 Å². The van der Waals surface area contributed by atoms with Crippen LogP contribution in [0.1, 0.15) is 11.4 Å². The van der Waals surface area contributed by atoms with E-state index in [1.807, 2.05) is 0 Å². The molecule has 140 valence electrons. The zero-order chi connectivity index (χ0) is 19.6. The summed E-state index contributed by atoms with van der Waals surface area (Å²) in [5.41, 5.74) is 0.458. The van der Waals surface area contributed by atoms with Crippen molar-refractivity contribution in [1.29, 1.82) is 0 Å². The Morgan fingerprint density at radius 3 is 2.56 bits per heavy atom. The fraction of sp³-hybridized carbons (Fsp3) is 0.167. The van der Waals surface area contributed by atoms with Crippen LogP contribution in [0, 0.1) is 18.6 Å². The number of carbonyl (C=O) groups is 1. The Morgan fingerprint density at radius 2 is 1.89 bits per heavy atom. The van der Waals surface area contributed by atoms with E-state index < -0.39 is 23.2 Å². The predicted molar refractivity (Wildman–Crippen MR) is 95.8 cm³/mol. The van der Waals surface area contributed by atoms with Gasteiger partial charge in [0.2, 0.25) is 5.91 Å². The summed E-state index contributed by atoms with van der Waals surface area (Å²) in [5.74, 6) is -1.10. The molecule has 0 spiro atoms. The van der Waals surface area contributed by atoms with Gasteiger partial charge in [0.25, 0.3) is 0 Å². The van der Waals surface area contributed by atoms with Crippen LogP contribution in [0.3, 0.4) is 0 Å². The van der Waals surface area contributed by atoms with Crippen LogP contribution in [0.2, 0.25) is 5.02 Å². The Hall–Kier alpha value is -3.00. The number of hydrogen-bond acceptors (Lipinski definition) is 3. The van der Waals surface area contributed by atoms with E-state index in [0.717, 1.165) is 4.68 Å². The summed E-state index contributed by atoms with van der Waals surface area (Å²) in [6.07, 6.45) is 0. The molecule has 2 aromatic carbocycles. The first kappa shape index (κ1) is 18.8. The minimum absolute atomic E-state index is 0.00145. The van der Waals surface area contributed by atoms with Gasteiger partial charge in [-0.1, -0.05) is 17.7 Å². The van der Waals surface area contributed by atoms with Crippen molar-refractivity contribution in [3.8, 4) is 5.69 Å². The summed E-state index contributed by atoms with van der Waals surface area (Å²) >= 11 is 5.61. The Balaban J connectivity index is 1.71. The van der Waals surface area contributed by atoms with E-state index in [1.165, 1.54) is 41.0 Å². The molecule has 0 atom stereocenters. The third-order valence-electron chi connectivity index (χ3n) is 3.85. The quantitative estimate of drug-likeness (QED) is 0.725. The number of hydrogen-bond donors (Lipinski definition) is 1. The highest BCUT2D eigenvalue weighted by Gasteiger charge is 2.14. The minimum Gasteiger partial charge on any atom is -0.350 e. The molecule has 0 aliphatic carbocycles. The molecule has 1 amide bonds. The smallest absolute Gasteiger partial charge is 0.350 e. The van der Waals surface area contributed by atoms with Crippen molar-refractivity contribution in [2.75, 3.05) is 0 Å². The zero-order valence-electron chi connectivity index (χ0n) is 14.2. The van der Waals surface area contributed by atoms with Crippen molar-refractivity contribution in [3.63, 3.8) is 0 Å². The molecule has 6 nitrogen and oxygen atoms in total. The monoisotopic (exact) mass is 392 g/mol. The second kappa shape index (κ2) is 7.71. The molecule has 27 heavy (non-hydrogen) atoms. The van der Waals surface area contributed by atoms with Gasteiger partial charge < -0.3 is 5.32 Å². The molecule has 0 saturated carbocycles. The Kier molecular flexibility index (Phi) is 5.36. The molecule has 0 bridgehead atoms.